The summed E-state index contributed by atoms with van der Waals surface area (Å²) in [6.07, 6.45) is 3.16. The summed E-state index contributed by atoms with van der Waals surface area (Å²) in [4.78, 5) is 12.1. The van der Waals surface area contributed by atoms with E-state index in [0.29, 0.717) is 5.56 Å². The minimum absolute atomic E-state index is 0.378. The van der Waals surface area contributed by atoms with Crippen LogP contribution in [0.1, 0.15) is 47.3 Å². The molecular formula is C25H26N2O. The van der Waals surface area contributed by atoms with E-state index in [2.05, 4.69) is 66.9 Å². The predicted octanol–water partition coefficient (Wildman–Crippen LogP) is 5.46. The lowest BCUT2D eigenvalue weighted by atomic mass is 10.0. The highest BCUT2D eigenvalue weighted by atomic mass is 16.1. The van der Waals surface area contributed by atoms with E-state index < -0.39 is 0 Å². The third-order valence-electron chi connectivity index (χ3n) is 5.59. The first kappa shape index (κ1) is 18.3. The maximum atomic E-state index is 12.1. The Hall–Kier alpha value is -3.07. The molecule has 0 radical (unpaired) electrons. The van der Waals surface area contributed by atoms with E-state index in [1.807, 2.05) is 12.1 Å². The normalized spacial score (nSPS) is 11.4. The summed E-state index contributed by atoms with van der Waals surface area (Å²) in [5, 5.41) is 2.06. The standard InChI is InChI=1S/C25H26N2O/c1-3-8-17-13-14-20-23(15-17)27(16-19-10-6-5-9-18(19)4-2)22-12-7-11-21(24(20)22)25(26)28/h5-7,9-15H,3-4,8,16H2,1-2H3,(H2,26,28). The fraction of sp³-hybridized carbons (Fsp3) is 0.240. The molecule has 28 heavy (non-hydrogen) atoms. The van der Waals surface area contributed by atoms with E-state index in [9.17, 15) is 4.79 Å². The molecule has 2 N–H and O–H groups in total. The highest BCUT2D eigenvalue weighted by Gasteiger charge is 2.17. The Bertz CT molecular complexity index is 1170. The molecule has 0 atom stereocenters. The summed E-state index contributed by atoms with van der Waals surface area (Å²) in [5.74, 6) is -0.378. The fourth-order valence-electron chi connectivity index (χ4n) is 4.24. The van der Waals surface area contributed by atoms with Gasteiger partial charge in [0.25, 0.3) is 0 Å². The van der Waals surface area contributed by atoms with Crippen molar-refractivity contribution in [2.24, 2.45) is 5.73 Å². The lowest BCUT2D eigenvalue weighted by Gasteiger charge is -2.12. The van der Waals surface area contributed by atoms with Crippen molar-refractivity contribution < 1.29 is 4.79 Å². The zero-order valence-corrected chi connectivity index (χ0v) is 16.5. The summed E-state index contributed by atoms with van der Waals surface area (Å²) in [5.41, 5.74) is 12.5. The number of hydrogen-bond donors (Lipinski definition) is 1. The summed E-state index contributed by atoms with van der Waals surface area (Å²) >= 11 is 0. The molecule has 1 heterocycles. The van der Waals surface area contributed by atoms with Crippen LogP contribution in [-0.2, 0) is 19.4 Å². The van der Waals surface area contributed by atoms with Crippen molar-refractivity contribution in [1.82, 2.24) is 4.57 Å². The van der Waals surface area contributed by atoms with Gasteiger partial charge in [-0.1, -0.05) is 62.7 Å². The van der Waals surface area contributed by atoms with Gasteiger partial charge < -0.3 is 10.3 Å². The molecule has 0 fully saturated rings. The SMILES string of the molecule is CCCc1ccc2c3c(C(N)=O)cccc3n(Cc3ccccc3CC)c2c1. The number of carbonyl (C=O) groups excluding carboxylic acids is 1. The number of benzene rings is 3. The second-order valence-electron chi connectivity index (χ2n) is 7.37. The smallest absolute Gasteiger partial charge is 0.249 e. The Labute approximate surface area is 165 Å². The van der Waals surface area contributed by atoms with Crippen molar-refractivity contribution in [3.63, 3.8) is 0 Å². The molecule has 0 saturated heterocycles. The monoisotopic (exact) mass is 370 g/mol. The van der Waals surface area contributed by atoms with Crippen LogP contribution in [0.4, 0.5) is 0 Å². The van der Waals surface area contributed by atoms with E-state index in [-0.39, 0.29) is 5.91 Å². The molecule has 0 spiro atoms. The molecule has 0 saturated carbocycles. The molecule has 0 aliphatic heterocycles. The topological polar surface area (TPSA) is 48.0 Å². The number of fused-ring (bicyclic) bond motifs is 3. The van der Waals surface area contributed by atoms with E-state index in [0.717, 1.165) is 42.1 Å². The Balaban J connectivity index is 2.02. The molecule has 142 valence electrons. The van der Waals surface area contributed by atoms with Crippen molar-refractivity contribution in [2.75, 3.05) is 0 Å². The molecule has 3 aromatic carbocycles. The number of hydrogen-bond acceptors (Lipinski definition) is 1. The summed E-state index contributed by atoms with van der Waals surface area (Å²) in [7, 11) is 0. The maximum Gasteiger partial charge on any atom is 0.249 e. The second kappa shape index (κ2) is 7.51. The molecule has 3 nitrogen and oxygen atoms in total. The molecule has 1 aromatic heterocycles. The van der Waals surface area contributed by atoms with Gasteiger partial charge in [-0.15, -0.1) is 0 Å². The molecular weight excluding hydrogens is 344 g/mol. The van der Waals surface area contributed by atoms with Gasteiger partial charge in [-0.2, -0.15) is 0 Å². The number of nitrogens with zero attached hydrogens (tertiary/aromatic N) is 1. The molecule has 0 aliphatic rings. The molecule has 0 unspecified atom stereocenters. The maximum absolute atomic E-state index is 12.1. The van der Waals surface area contributed by atoms with Crippen LogP contribution in [0.5, 0.6) is 0 Å². The van der Waals surface area contributed by atoms with Crippen molar-refractivity contribution in [3.8, 4) is 0 Å². The highest BCUT2D eigenvalue weighted by Crippen LogP contribution is 2.33. The quantitative estimate of drug-likeness (QED) is 0.481. The van der Waals surface area contributed by atoms with Gasteiger partial charge in [0.2, 0.25) is 5.91 Å². The number of primary amides is 1. The minimum Gasteiger partial charge on any atom is -0.366 e. The van der Waals surface area contributed by atoms with Crippen LogP contribution in [0.25, 0.3) is 21.8 Å². The largest absolute Gasteiger partial charge is 0.366 e. The number of carbonyl (C=O) groups is 1. The van der Waals surface area contributed by atoms with Crippen LogP contribution in [0, 0.1) is 0 Å². The number of aromatic nitrogens is 1. The van der Waals surface area contributed by atoms with Gasteiger partial charge in [0.1, 0.15) is 0 Å². The Morgan fingerprint density at radius 3 is 2.43 bits per heavy atom. The average molecular weight is 370 g/mol. The second-order valence-corrected chi connectivity index (χ2v) is 7.37. The zero-order valence-electron chi connectivity index (χ0n) is 16.5. The Kier molecular flexibility index (Phi) is 4.91. The molecule has 0 aliphatic carbocycles. The summed E-state index contributed by atoms with van der Waals surface area (Å²) in [6.45, 7) is 5.17. The number of aryl methyl sites for hydroxylation is 2. The van der Waals surface area contributed by atoms with Crippen LogP contribution in [0.2, 0.25) is 0 Å². The third kappa shape index (κ3) is 3.07. The lowest BCUT2D eigenvalue weighted by Crippen LogP contribution is -2.11. The van der Waals surface area contributed by atoms with Crippen molar-refractivity contribution >= 4 is 27.7 Å². The molecule has 0 bridgehead atoms. The van der Waals surface area contributed by atoms with E-state index >= 15 is 0 Å². The molecule has 4 rings (SSSR count). The van der Waals surface area contributed by atoms with Crippen LogP contribution >= 0.6 is 0 Å². The van der Waals surface area contributed by atoms with Gasteiger partial charge >= 0.3 is 0 Å². The molecule has 3 heteroatoms. The number of rotatable bonds is 6. The number of amides is 1. The van der Waals surface area contributed by atoms with Crippen molar-refractivity contribution in [1.29, 1.82) is 0 Å². The third-order valence-corrected chi connectivity index (χ3v) is 5.59. The van der Waals surface area contributed by atoms with Gasteiger partial charge in [0.05, 0.1) is 5.52 Å². The Morgan fingerprint density at radius 1 is 0.929 bits per heavy atom. The van der Waals surface area contributed by atoms with Crippen molar-refractivity contribution in [3.05, 3.63) is 82.9 Å². The predicted molar refractivity (Wildman–Crippen MR) is 117 cm³/mol. The van der Waals surface area contributed by atoms with Crippen LogP contribution < -0.4 is 5.73 Å². The first-order valence-corrected chi connectivity index (χ1v) is 10.0. The first-order chi connectivity index (χ1) is 13.6. The molecule has 1 amide bonds. The van der Waals surface area contributed by atoms with Gasteiger partial charge in [0.15, 0.2) is 0 Å². The zero-order chi connectivity index (χ0) is 19.7. The fourth-order valence-corrected chi connectivity index (χ4v) is 4.24. The van der Waals surface area contributed by atoms with Crippen LogP contribution in [-0.4, -0.2) is 10.5 Å². The van der Waals surface area contributed by atoms with Crippen molar-refractivity contribution in [2.45, 2.75) is 39.7 Å². The van der Waals surface area contributed by atoms with E-state index in [1.54, 1.807) is 0 Å². The number of nitrogens with two attached hydrogens (primary N) is 1. The lowest BCUT2D eigenvalue weighted by molar-refractivity contribution is 0.100. The summed E-state index contributed by atoms with van der Waals surface area (Å²) in [6, 6.07) is 21.0. The van der Waals surface area contributed by atoms with E-state index in [4.69, 9.17) is 5.73 Å². The summed E-state index contributed by atoms with van der Waals surface area (Å²) < 4.78 is 2.34. The van der Waals surface area contributed by atoms with Crippen LogP contribution in [0.15, 0.2) is 60.7 Å². The van der Waals surface area contributed by atoms with Gasteiger partial charge in [-0.25, -0.2) is 0 Å². The first-order valence-electron chi connectivity index (χ1n) is 10.0. The van der Waals surface area contributed by atoms with Gasteiger partial charge in [0, 0.05) is 28.4 Å². The van der Waals surface area contributed by atoms with E-state index in [1.165, 1.54) is 22.2 Å². The highest BCUT2D eigenvalue weighted by molar-refractivity contribution is 6.18. The van der Waals surface area contributed by atoms with Crippen LogP contribution in [0.3, 0.4) is 0 Å². The molecule has 4 aromatic rings. The Morgan fingerprint density at radius 2 is 1.71 bits per heavy atom. The van der Waals surface area contributed by atoms with Gasteiger partial charge in [-0.05, 0) is 47.7 Å². The van der Waals surface area contributed by atoms with Gasteiger partial charge in [-0.3, -0.25) is 4.79 Å². The average Bonchev–Trinajstić information content (AvgIpc) is 3.02. The minimum atomic E-state index is -0.378.